The minimum absolute atomic E-state index is 0.00473. The quantitative estimate of drug-likeness (QED) is 0.720. The first-order valence-electron chi connectivity index (χ1n) is 7.95. The molecule has 6 heteroatoms. The molecule has 0 unspecified atom stereocenters. The van der Waals surface area contributed by atoms with Gasteiger partial charge >= 0.3 is 5.97 Å². The molecule has 0 fully saturated rings. The third kappa shape index (κ3) is 5.38. The molecule has 0 N–H and O–H groups in total. The summed E-state index contributed by atoms with van der Waals surface area (Å²) in [5, 5.41) is 0. The Hall–Kier alpha value is -2.76. The molecule has 0 aliphatic heterocycles. The zero-order chi connectivity index (χ0) is 18.2. The zero-order valence-electron chi connectivity index (χ0n) is 13.9. The lowest BCUT2D eigenvalue weighted by Gasteiger charge is -2.23. The maximum Gasteiger partial charge on any atom is 0.307 e. The molecule has 1 amide bonds. The van der Waals surface area contributed by atoms with E-state index in [1.165, 1.54) is 35.2 Å². The number of hydrogen-bond donors (Lipinski definition) is 0. The second-order valence-corrected chi connectivity index (χ2v) is 5.39. The lowest BCUT2D eigenvalue weighted by Crippen LogP contribution is -2.33. The molecular formula is C19H19F2NO3. The van der Waals surface area contributed by atoms with Crippen molar-refractivity contribution < 1.29 is 23.1 Å². The molecular weight excluding hydrogens is 328 g/mol. The third-order valence-corrected chi connectivity index (χ3v) is 3.57. The number of esters is 1. The van der Waals surface area contributed by atoms with Gasteiger partial charge in [0.1, 0.15) is 11.6 Å². The molecule has 0 heterocycles. The van der Waals surface area contributed by atoms with Gasteiger partial charge in [0, 0.05) is 13.1 Å². The summed E-state index contributed by atoms with van der Waals surface area (Å²) in [6, 6.07) is 11.3. The molecule has 2 aromatic carbocycles. The van der Waals surface area contributed by atoms with E-state index in [4.69, 9.17) is 4.74 Å². The standard InChI is InChI=1S/C19H19F2NO3/c1-2-25-18(23)11-12-22(13-14-7-9-15(20)10-8-14)19(24)16-5-3-4-6-17(16)21/h3-10H,2,11-13H2,1H3. The van der Waals surface area contributed by atoms with Crippen molar-refractivity contribution >= 4 is 11.9 Å². The highest BCUT2D eigenvalue weighted by Crippen LogP contribution is 2.14. The number of ether oxygens (including phenoxy) is 1. The molecule has 2 aromatic rings. The highest BCUT2D eigenvalue weighted by Gasteiger charge is 2.20. The SMILES string of the molecule is CCOC(=O)CCN(Cc1ccc(F)cc1)C(=O)c1ccccc1F. The van der Waals surface area contributed by atoms with Crippen molar-refractivity contribution in [1.29, 1.82) is 0 Å². The molecule has 0 aliphatic rings. The normalized spacial score (nSPS) is 10.4. The van der Waals surface area contributed by atoms with E-state index in [9.17, 15) is 18.4 Å². The van der Waals surface area contributed by atoms with Crippen molar-refractivity contribution in [2.24, 2.45) is 0 Å². The van der Waals surface area contributed by atoms with E-state index in [1.807, 2.05) is 0 Å². The molecule has 25 heavy (non-hydrogen) atoms. The van der Waals surface area contributed by atoms with E-state index < -0.39 is 17.7 Å². The molecule has 4 nitrogen and oxygen atoms in total. The highest BCUT2D eigenvalue weighted by molar-refractivity contribution is 5.94. The molecule has 0 spiro atoms. The summed E-state index contributed by atoms with van der Waals surface area (Å²) in [7, 11) is 0. The number of amides is 1. The van der Waals surface area contributed by atoms with Crippen LogP contribution in [0.25, 0.3) is 0 Å². The third-order valence-electron chi connectivity index (χ3n) is 3.57. The summed E-state index contributed by atoms with van der Waals surface area (Å²) < 4.78 is 31.8. The van der Waals surface area contributed by atoms with Crippen LogP contribution in [0.4, 0.5) is 8.78 Å². The topological polar surface area (TPSA) is 46.6 Å². The smallest absolute Gasteiger partial charge is 0.307 e. The van der Waals surface area contributed by atoms with Crippen LogP contribution in [0.15, 0.2) is 48.5 Å². The minimum Gasteiger partial charge on any atom is -0.466 e. The Labute approximate surface area is 145 Å². The van der Waals surface area contributed by atoms with Gasteiger partial charge in [0.25, 0.3) is 5.91 Å². The number of hydrogen-bond acceptors (Lipinski definition) is 3. The van der Waals surface area contributed by atoms with Crippen molar-refractivity contribution in [3.8, 4) is 0 Å². The molecule has 0 aliphatic carbocycles. The lowest BCUT2D eigenvalue weighted by atomic mass is 10.1. The summed E-state index contributed by atoms with van der Waals surface area (Å²) in [5.41, 5.74) is 0.600. The number of halogens is 2. The molecule has 2 rings (SSSR count). The van der Waals surface area contributed by atoms with E-state index in [2.05, 4.69) is 0 Å². The zero-order valence-corrected chi connectivity index (χ0v) is 13.9. The van der Waals surface area contributed by atoms with Gasteiger partial charge in [-0.2, -0.15) is 0 Å². The number of nitrogens with zero attached hydrogens (tertiary/aromatic N) is 1. The lowest BCUT2D eigenvalue weighted by molar-refractivity contribution is -0.143. The van der Waals surface area contributed by atoms with Crippen LogP contribution < -0.4 is 0 Å². The second-order valence-electron chi connectivity index (χ2n) is 5.39. The van der Waals surface area contributed by atoms with E-state index in [0.717, 1.165) is 0 Å². The molecule has 0 aromatic heterocycles. The molecule has 0 bridgehead atoms. The molecule has 0 radical (unpaired) electrons. The number of rotatable bonds is 7. The first-order chi connectivity index (χ1) is 12.0. The van der Waals surface area contributed by atoms with Gasteiger partial charge in [-0.3, -0.25) is 9.59 Å². The number of benzene rings is 2. The van der Waals surface area contributed by atoms with Gasteiger partial charge in [-0.25, -0.2) is 8.78 Å². The average molecular weight is 347 g/mol. The maximum atomic E-state index is 13.9. The van der Waals surface area contributed by atoms with Crippen LogP contribution in [-0.2, 0) is 16.1 Å². The van der Waals surface area contributed by atoms with Crippen molar-refractivity contribution in [3.63, 3.8) is 0 Å². The fourth-order valence-electron chi connectivity index (χ4n) is 2.33. The van der Waals surface area contributed by atoms with Gasteiger partial charge < -0.3 is 9.64 Å². The van der Waals surface area contributed by atoms with Gasteiger partial charge in [0.2, 0.25) is 0 Å². The predicted molar refractivity (Wildman–Crippen MR) is 88.8 cm³/mol. The summed E-state index contributed by atoms with van der Waals surface area (Å²) >= 11 is 0. The van der Waals surface area contributed by atoms with E-state index in [-0.39, 0.29) is 37.5 Å². The molecule has 0 atom stereocenters. The fraction of sp³-hybridized carbons (Fsp3) is 0.263. The number of carbonyl (C=O) groups excluding carboxylic acids is 2. The largest absolute Gasteiger partial charge is 0.466 e. The van der Waals surface area contributed by atoms with Gasteiger partial charge in [-0.1, -0.05) is 24.3 Å². The Kier molecular flexibility index (Phi) is 6.62. The van der Waals surface area contributed by atoms with Gasteiger partial charge in [-0.05, 0) is 36.8 Å². The van der Waals surface area contributed by atoms with Crippen LogP contribution in [-0.4, -0.2) is 29.9 Å². The first-order valence-corrected chi connectivity index (χ1v) is 7.95. The Morgan fingerprint density at radius 1 is 1.04 bits per heavy atom. The van der Waals surface area contributed by atoms with E-state index in [0.29, 0.717) is 5.56 Å². The van der Waals surface area contributed by atoms with Crippen LogP contribution in [0.3, 0.4) is 0 Å². The van der Waals surface area contributed by atoms with Gasteiger partial charge in [-0.15, -0.1) is 0 Å². The van der Waals surface area contributed by atoms with E-state index in [1.54, 1.807) is 25.1 Å². The van der Waals surface area contributed by atoms with Crippen molar-refractivity contribution in [1.82, 2.24) is 4.90 Å². The summed E-state index contributed by atoms with van der Waals surface area (Å²) in [5.74, 6) is -1.99. The predicted octanol–water partition coefficient (Wildman–Crippen LogP) is 3.56. The Balaban J connectivity index is 2.18. The highest BCUT2D eigenvalue weighted by atomic mass is 19.1. The minimum atomic E-state index is -0.632. The van der Waals surface area contributed by atoms with Crippen molar-refractivity contribution in [3.05, 3.63) is 71.3 Å². The van der Waals surface area contributed by atoms with Gasteiger partial charge in [0.15, 0.2) is 0 Å². The average Bonchev–Trinajstić information content (AvgIpc) is 2.60. The Morgan fingerprint density at radius 3 is 2.36 bits per heavy atom. The van der Waals surface area contributed by atoms with Crippen molar-refractivity contribution in [2.45, 2.75) is 19.9 Å². The summed E-state index contributed by atoms with van der Waals surface area (Å²) in [6.45, 7) is 2.15. The second kappa shape index (κ2) is 8.92. The van der Waals surface area contributed by atoms with Gasteiger partial charge in [0.05, 0.1) is 18.6 Å². The monoisotopic (exact) mass is 347 g/mol. The molecule has 0 saturated carbocycles. The Morgan fingerprint density at radius 2 is 1.72 bits per heavy atom. The van der Waals surface area contributed by atoms with Crippen LogP contribution in [0.1, 0.15) is 29.3 Å². The molecule has 0 saturated heterocycles. The van der Waals surface area contributed by atoms with Crippen LogP contribution >= 0.6 is 0 Å². The summed E-state index contributed by atoms with van der Waals surface area (Å²) in [6.07, 6.45) is -0.00473. The van der Waals surface area contributed by atoms with E-state index >= 15 is 0 Å². The Bertz CT molecular complexity index is 732. The fourth-order valence-corrected chi connectivity index (χ4v) is 2.33. The first kappa shape index (κ1) is 18.6. The van der Waals surface area contributed by atoms with Crippen LogP contribution in [0.5, 0.6) is 0 Å². The summed E-state index contributed by atoms with van der Waals surface area (Å²) in [4.78, 5) is 25.6. The maximum absolute atomic E-state index is 13.9. The van der Waals surface area contributed by atoms with Crippen LogP contribution in [0, 0.1) is 11.6 Å². The molecule has 132 valence electrons. The van der Waals surface area contributed by atoms with Crippen molar-refractivity contribution in [2.75, 3.05) is 13.2 Å². The number of carbonyl (C=O) groups is 2. The van der Waals surface area contributed by atoms with Crippen LogP contribution in [0.2, 0.25) is 0 Å².